The van der Waals surface area contributed by atoms with Gasteiger partial charge < -0.3 is 15.4 Å². The van der Waals surface area contributed by atoms with E-state index in [1.165, 1.54) is 7.11 Å². The number of carbonyl (C=O) groups is 1. The molecule has 114 valence electrons. The van der Waals surface area contributed by atoms with Crippen LogP contribution in [0.5, 0.6) is 5.75 Å². The fourth-order valence-corrected chi connectivity index (χ4v) is 1.86. The monoisotopic (exact) mass is 318 g/mol. The SMILES string of the molecule is C=CCNc1ccc(C(=O)Nc2cc(Cl)ccc2OC)nn1. The molecule has 0 atom stereocenters. The Bertz CT molecular complexity index is 674. The Morgan fingerprint density at radius 3 is 2.82 bits per heavy atom. The molecule has 0 saturated heterocycles. The third kappa shape index (κ3) is 3.95. The highest BCUT2D eigenvalue weighted by atomic mass is 35.5. The van der Waals surface area contributed by atoms with Gasteiger partial charge in [-0.15, -0.1) is 16.8 Å². The number of aromatic nitrogens is 2. The average Bonchev–Trinajstić information content (AvgIpc) is 2.53. The topological polar surface area (TPSA) is 76.1 Å². The minimum Gasteiger partial charge on any atom is -0.495 e. The number of ether oxygens (including phenoxy) is 1. The number of nitrogens with one attached hydrogen (secondary N) is 2. The summed E-state index contributed by atoms with van der Waals surface area (Å²) in [6.07, 6.45) is 1.70. The van der Waals surface area contributed by atoms with E-state index in [1.807, 2.05) is 0 Å². The van der Waals surface area contributed by atoms with Crippen LogP contribution in [0.1, 0.15) is 10.5 Å². The second-order valence-corrected chi connectivity index (χ2v) is 4.71. The molecular weight excluding hydrogens is 304 g/mol. The molecule has 1 heterocycles. The van der Waals surface area contributed by atoms with Gasteiger partial charge in [-0.05, 0) is 30.3 Å². The number of anilines is 2. The number of benzene rings is 1. The number of amides is 1. The van der Waals surface area contributed by atoms with Crippen LogP contribution in [-0.2, 0) is 0 Å². The van der Waals surface area contributed by atoms with E-state index in [-0.39, 0.29) is 5.69 Å². The standard InChI is InChI=1S/C15H15ClN4O2/c1-3-8-17-14-7-5-11(19-20-14)15(21)18-12-9-10(16)4-6-13(12)22-2/h3-7,9H,1,8H2,2H3,(H,17,20)(H,18,21). The van der Waals surface area contributed by atoms with E-state index in [0.29, 0.717) is 28.8 Å². The summed E-state index contributed by atoms with van der Waals surface area (Å²) in [6.45, 7) is 4.16. The van der Waals surface area contributed by atoms with Gasteiger partial charge in [0.1, 0.15) is 11.6 Å². The molecule has 0 unspecified atom stereocenters. The van der Waals surface area contributed by atoms with Crippen molar-refractivity contribution in [2.24, 2.45) is 0 Å². The quantitative estimate of drug-likeness (QED) is 0.801. The number of rotatable bonds is 6. The van der Waals surface area contributed by atoms with Crippen molar-refractivity contribution in [1.82, 2.24) is 10.2 Å². The smallest absolute Gasteiger partial charge is 0.276 e. The van der Waals surface area contributed by atoms with E-state index in [4.69, 9.17) is 16.3 Å². The van der Waals surface area contributed by atoms with Crippen molar-refractivity contribution >= 4 is 29.0 Å². The maximum Gasteiger partial charge on any atom is 0.276 e. The normalized spacial score (nSPS) is 9.91. The number of nitrogens with zero attached hydrogens (tertiary/aromatic N) is 2. The minimum absolute atomic E-state index is 0.186. The molecule has 22 heavy (non-hydrogen) atoms. The lowest BCUT2D eigenvalue weighted by molar-refractivity contribution is 0.102. The molecule has 0 radical (unpaired) electrons. The van der Waals surface area contributed by atoms with Gasteiger partial charge in [0.05, 0.1) is 12.8 Å². The molecule has 0 saturated carbocycles. The van der Waals surface area contributed by atoms with Gasteiger partial charge in [0.2, 0.25) is 0 Å². The first-order valence-electron chi connectivity index (χ1n) is 6.47. The molecule has 2 aromatic rings. The molecule has 1 amide bonds. The zero-order chi connectivity index (χ0) is 15.9. The maximum absolute atomic E-state index is 12.2. The first-order valence-corrected chi connectivity index (χ1v) is 6.85. The van der Waals surface area contributed by atoms with Crippen LogP contribution in [0.4, 0.5) is 11.5 Å². The number of carbonyl (C=O) groups excluding carboxylic acids is 1. The van der Waals surface area contributed by atoms with Crippen LogP contribution in [-0.4, -0.2) is 29.8 Å². The first-order chi connectivity index (χ1) is 10.6. The van der Waals surface area contributed by atoms with E-state index in [1.54, 1.807) is 36.4 Å². The lowest BCUT2D eigenvalue weighted by atomic mass is 10.2. The Hall–Kier alpha value is -2.60. The van der Waals surface area contributed by atoms with Gasteiger partial charge in [-0.3, -0.25) is 4.79 Å². The van der Waals surface area contributed by atoms with Crippen LogP contribution in [0, 0.1) is 0 Å². The third-order valence-corrected chi connectivity index (χ3v) is 2.97. The summed E-state index contributed by atoms with van der Waals surface area (Å²) in [5, 5.41) is 13.9. The summed E-state index contributed by atoms with van der Waals surface area (Å²) >= 11 is 5.92. The molecule has 0 bridgehead atoms. The molecule has 7 heteroatoms. The molecule has 2 N–H and O–H groups in total. The van der Waals surface area contributed by atoms with E-state index < -0.39 is 5.91 Å². The lowest BCUT2D eigenvalue weighted by Gasteiger charge is -2.10. The number of methoxy groups -OCH3 is 1. The molecule has 2 rings (SSSR count). The van der Waals surface area contributed by atoms with Crippen LogP contribution >= 0.6 is 11.6 Å². The van der Waals surface area contributed by atoms with Gasteiger partial charge in [0.25, 0.3) is 5.91 Å². The summed E-state index contributed by atoms with van der Waals surface area (Å²) in [6, 6.07) is 8.19. The van der Waals surface area contributed by atoms with Crippen LogP contribution < -0.4 is 15.4 Å². The second kappa shape index (κ2) is 7.42. The summed E-state index contributed by atoms with van der Waals surface area (Å²) in [5.41, 5.74) is 0.654. The van der Waals surface area contributed by atoms with Gasteiger partial charge in [-0.2, -0.15) is 0 Å². The van der Waals surface area contributed by atoms with Crippen molar-refractivity contribution in [1.29, 1.82) is 0 Å². The zero-order valence-corrected chi connectivity index (χ0v) is 12.7. The Morgan fingerprint density at radius 1 is 1.36 bits per heavy atom. The van der Waals surface area contributed by atoms with Gasteiger partial charge in [0, 0.05) is 11.6 Å². The van der Waals surface area contributed by atoms with Crippen molar-refractivity contribution in [2.75, 3.05) is 24.3 Å². The van der Waals surface area contributed by atoms with E-state index in [9.17, 15) is 4.79 Å². The highest BCUT2D eigenvalue weighted by molar-refractivity contribution is 6.31. The highest BCUT2D eigenvalue weighted by Crippen LogP contribution is 2.27. The predicted molar refractivity (Wildman–Crippen MR) is 86.7 cm³/mol. The van der Waals surface area contributed by atoms with Crippen molar-refractivity contribution < 1.29 is 9.53 Å². The Kier molecular flexibility index (Phi) is 5.32. The largest absolute Gasteiger partial charge is 0.495 e. The summed E-state index contributed by atoms with van der Waals surface area (Å²) < 4.78 is 5.17. The van der Waals surface area contributed by atoms with E-state index in [0.717, 1.165) is 0 Å². The van der Waals surface area contributed by atoms with Crippen molar-refractivity contribution in [3.05, 3.63) is 53.7 Å². The molecule has 1 aromatic heterocycles. The van der Waals surface area contributed by atoms with E-state index >= 15 is 0 Å². The molecule has 0 aliphatic carbocycles. The summed E-state index contributed by atoms with van der Waals surface area (Å²) in [7, 11) is 1.51. The minimum atomic E-state index is -0.400. The van der Waals surface area contributed by atoms with Crippen LogP contribution in [0.15, 0.2) is 43.0 Å². The summed E-state index contributed by atoms with van der Waals surface area (Å²) in [5.74, 6) is 0.676. The van der Waals surface area contributed by atoms with Crippen LogP contribution in [0.3, 0.4) is 0 Å². The van der Waals surface area contributed by atoms with Gasteiger partial charge in [-0.1, -0.05) is 17.7 Å². The molecule has 6 nitrogen and oxygen atoms in total. The van der Waals surface area contributed by atoms with Crippen molar-refractivity contribution in [3.8, 4) is 5.75 Å². The fraction of sp³-hybridized carbons (Fsp3) is 0.133. The van der Waals surface area contributed by atoms with Crippen LogP contribution in [0.25, 0.3) is 0 Å². The third-order valence-electron chi connectivity index (χ3n) is 2.73. The molecule has 0 aliphatic heterocycles. The van der Waals surface area contributed by atoms with Gasteiger partial charge in [0.15, 0.2) is 5.69 Å². The maximum atomic E-state index is 12.2. The van der Waals surface area contributed by atoms with Crippen LogP contribution in [0.2, 0.25) is 5.02 Å². The Labute approximate surface area is 133 Å². The van der Waals surface area contributed by atoms with Crippen molar-refractivity contribution in [2.45, 2.75) is 0 Å². The number of hydrogen-bond acceptors (Lipinski definition) is 5. The molecule has 0 aliphatic rings. The molecule has 1 aromatic carbocycles. The zero-order valence-electron chi connectivity index (χ0n) is 12.0. The number of halogens is 1. The predicted octanol–water partition coefficient (Wildman–Crippen LogP) is 2.99. The second-order valence-electron chi connectivity index (χ2n) is 4.27. The fourth-order valence-electron chi connectivity index (χ4n) is 1.69. The number of hydrogen-bond donors (Lipinski definition) is 2. The highest BCUT2D eigenvalue weighted by Gasteiger charge is 2.12. The van der Waals surface area contributed by atoms with Gasteiger partial charge in [-0.25, -0.2) is 0 Å². The van der Waals surface area contributed by atoms with Gasteiger partial charge >= 0.3 is 0 Å². The Morgan fingerprint density at radius 2 is 2.18 bits per heavy atom. The first kappa shape index (κ1) is 15.8. The molecule has 0 fully saturated rings. The molecule has 0 spiro atoms. The lowest BCUT2D eigenvalue weighted by Crippen LogP contribution is -2.15. The Balaban J connectivity index is 2.12. The van der Waals surface area contributed by atoms with E-state index in [2.05, 4.69) is 27.4 Å². The van der Waals surface area contributed by atoms with Crippen molar-refractivity contribution in [3.63, 3.8) is 0 Å². The summed E-state index contributed by atoms with van der Waals surface area (Å²) in [4.78, 5) is 12.2. The average molecular weight is 319 g/mol. The molecular formula is C15H15ClN4O2.